The number of hydrogen-bond acceptors (Lipinski definition) is 5. The average Bonchev–Trinajstić information content (AvgIpc) is 3.20. The van der Waals surface area contributed by atoms with E-state index in [1.165, 1.54) is 0 Å². The summed E-state index contributed by atoms with van der Waals surface area (Å²) in [7, 11) is 1.60. The molecule has 0 radical (unpaired) electrons. The Bertz CT molecular complexity index is 700. The molecule has 0 aliphatic carbocycles. The Kier molecular flexibility index (Phi) is 5.85. The first-order chi connectivity index (χ1) is 12.3. The predicted octanol–water partition coefficient (Wildman–Crippen LogP) is 2.46. The van der Waals surface area contributed by atoms with Crippen LogP contribution in [0.15, 0.2) is 42.7 Å². The SMILES string of the molecule is COc1cc(CNC(=O)[C@H]2CCCO2)ccc1OCc1cccnc1. The second-order valence-electron chi connectivity index (χ2n) is 5.85. The van der Waals surface area contributed by atoms with Gasteiger partial charge in [0.15, 0.2) is 11.5 Å². The van der Waals surface area contributed by atoms with Gasteiger partial charge in [-0.1, -0.05) is 12.1 Å². The van der Waals surface area contributed by atoms with Crippen molar-refractivity contribution in [2.45, 2.75) is 32.1 Å². The fourth-order valence-corrected chi connectivity index (χ4v) is 2.67. The molecular weight excluding hydrogens is 320 g/mol. The lowest BCUT2D eigenvalue weighted by Crippen LogP contribution is -2.33. The molecule has 0 unspecified atom stereocenters. The van der Waals surface area contributed by atoms with Crippen LogP contribution in [-0.4, -0.2) is 30.7 Å². The number of amides is 1. The highest BCUT2D eigenvalue weighted by molar-refractivity contribution is 5.80. The van der Waals surface area contributed by atoms with E-state index in [0.717, 1.165) is 24.0 Å². The van der Waals surface area contributed by atoms with Crippen LogP contribution in [0.4, 0.5) is 0 Å². The van der Waals surface area contributed by atoms with Crippen LogP contribution in [-0.2, 0) is 22.7 Å². The van der Waals surface area contributed by atoms with Gasteiger partial charge in [0.2, 0.25) is 5.91 Å². The molecular formula is C19H22N2O4. The summed E-state index contributed by atoms with van der Waals surface area (Å²) in [5.41, 5.74) is 1.93. The standard InChI is InChI=1S/C19H22N2O4/c1-23-18-10-14(12-21-19(22)17-5-3-9-24-17)6-7-16(18)25-13-15-4-2-8-20-11-15/h2,4,6-8,10-11,17H,3,5,9,12-13H2,1H3,(H,21,22)/t17-/m1/s1. The number of carbonyl (C=O) groups excluding carboxylic acids is 1. The number of rotatable bonds is 7. The van der Waals surface area contributed by atoms with Crippen LogP contribution in [0.3, 0.4) is 0 Å². The van der Waals surface area contributed by atoms with Crippen molar-refractivity contribution in [3.63, 3.8) is 0 Å². The fraction of sp³-hybridized carbons (Fsp3) is 0.368. The summed E-state index contributed by atoms with van der Waals surface area (Å²) in [5.74, 6) is 1.22. The molecule has 1 amide bonds. The van der Waals surface area contributed by atoms with Gasteiger partial charge < -0.3 is 19.5 Å². The summed E-state index contributed by atoms with van der Waals surface area (Å²) in [6.45, 7) is 1.51. The molecule has 2 aromatic rings. The van der Waals surface area contributed by atoms with Gasteiger partial charge in [-0.15, -0.1) is 0 Å². The number of hydrogen-bond donors (Lipinski definition) is 1. The topological polar surface area (TPSA) is 69.7 Å². The van der Waals surface area contributed by atoms with Crippen LogP contribution in [0.1, 0.15) is 24.0 Å². The van der Waals surface area contributed by atoms with Crippen LogP contribution < -0.4 is 14.8 Å². The predicted molar refractivity (Wildman–Crippen MR) is 92.4 cm³/mol. The summed E-state index contributed by atoms with van der Waals surface area (Å²) in [5, 5.41) is 2.90. The minimum atomic E-state index is -0.316. The highest BCUT2D eigenvalue weighted by Crippen LogP contribution is 2.28. The molecule has 3 rings (SSSR count). The Morgan fingerprint density at radius 1 is 1.32 bits per heavy atom. The molecule has 1 fully saturated rings. The van der Waals surface area contributed by atoms with E-state index in [1.807, 2.05) is 30.3 Å². The van der Waals surface area contributed by atoms with Gasteiger partial charge >= 0.3 is 0 Å². The van der Waals surface area contributed by atoms with Crippen molar-refractivity contribution in [3.05, 3.63) is 53.9 Å². The van der Waals surface area contributed by atoms with E-state index in [1.54, 1.807) is 19.5 Å². The molecule has 132 valence electrons. The van der Waals surface area contributed by atoms with E-state index in [4.69, 9.17) is 14.2 Å². The first-order valence-electron chi connectivity index (χ1n) is 8.34. The van der Waals surface area contributed by atoms with Crippen molar-refractivity contribution in [1.29, 1.82) is 0 Å². The van der Waals surface area contributed by atoms with E-state index in [-0.39, 0.29) is 12.0 Å². The maximum Gasteiger partial charge on any atom is 0.249 e. The largest absolute Gasteiger partial charge is 0.493 e. The summed E-state index contributed by atoms with van der Waals surface area (Å²) >= 11 is 0. The van der Waals surface area contributed by atoms with Crippen molar-refractivity contribution in [2.75, 3.05) is 13.7 Å². The number of nitrogens with one attached hydrogen (secondary N) is 1. The average molecular weight is 342 g/mol. The maximum absolute atomic E-state index is 12.0. The second kappa shape index (κ2) is 8.48. The summed E-state index contributed by atoms with van der Waals surface area (Å²) in [6.07, 6.45) is 4.90. The zero-order valence-electron chi connectivity index (χ0n) is 14.2. The number of ether oxygens (including phenoxy) is 3. The van der Waals surface area contributed by atoms with E-state index >= 15 is 0 Å². The lowest BCUT2D eigenvalue weighted by Gasteiger charge is -2.14. The van der Waals surface area contributed by atoms with Gasteiger partial charge in [-0.3, -0.25) is 9.78 Å². The zero-order chi connectivity index (χ0) is 17.5. The molecule has 2 heterocycles. The monoisotopic (exact) mass is 342 g/mol. The molecule has 1 aliphatic rings. The van der Waals surface area contributed by atoms with Gasteiger partial charge in [-0.25, -0.2) is 0 Å². The molecule has 1 aliphatic heterocycles. The molecule has 0 bridgehead atoms. The highest BCUT2D eigenvalue weighted by Gasteiger charge is 2.23. The minimum absolute atomic E-state index is 0.0617. The highest BCUT2D eigenvalue weighted by atomic mass is 16.5. The van der Waals surface area contributed by atoms with Crippen molar-refractivity contribution < 1.29 is 19.0 Å². The van der Waals surface area contributed by atoms with Crippen LogP contribution in [0.5, 0.6) is 11.5 Å². The van der Waals surface area contributed by atoms with Gasteiger partial charge in [-0.05, 0) is 36.6 Å². The number of carbonyl (C=O) groups is 1. The first kappa shape index (κ1) is 17.2. The molecule has 0 saturated carbocycles. The third kappa shape index (κ3) is 4.70. The number of pyridine rings is 1. The Labute approximate surface area is 147 Å². The van der Waals surface area contributed by atoms with Crippen LogP contribution in [0, 0.1) is 0 Å². The fourth-order valence-electron chi connectivity index (χ4n) is 2.67. The van der Waals surface area contributed by atoms with E-state index < -0.39 is 0 Å². The molecule has 25 heavy (non-hydrogen) atoms. The third-order valence-electron chi connectivity index (χ3n) is 4.03. The lowest BCUT2D eigenvalue weighted by molar-refractivity contribution is -0.130. The Balaban J connectivity index is 1.58. The van der Waals surface area contributed by atoms with Gasteiger partial charge in [0, 0.05) is 31.1 Å². The van der Waals surface area contributed by atoms with E-state index in [0.29, 0.717) is 31.3 Å². The molecule has 1 aromatic carbocycles. The van der Waals surface area contributed by atoms with Gasteiger partial charge in [-0.2, -0.15) is 0 Å². The van der Waals surface area contributed by atoms with Crippen molar-refractivity contribution in [3.8, 4) is 11.5 Å². The van der Waals surface area contributed by atoms with Crippen molar-refractivity contribution >= 4 is 5.91 Å². The van der Waals surface area contributed by atoms with E-state index in [2.05, 4.69) is 10.3 Å². The van der Waals surface area contributed by atoms with Gasteiger partial charge in [0.1, 0.15) is 12.7 Å². The van der Waals surface area contributed by atoms with Crippen molar-refractivity contribution in [1.82, 2.24) is 10.3 Å². The summed E-state index contributed by atoms with van der Waals surface area (Å²) in [4.78, 5) is 16.1. The molecule has 6 nitrogen and oxygen atoms in total. The molecule has 1 N–H and O–H groups in total. The second-order valence-corrected chi connectivity index (χ2v) is 5.85. The van der Waals surface area contributed by atoms with Crippen LogP contribution in [0.2, 0.25) is 0 Å². The normalized spacial score (nSPS) is 16.4. The zero-order valence-corrected chi connectivity index (χ0v) is 14.2. The van der Waals surface area contributed by atoms with Crippen LogP contribution in [0.25, 0.3) is 0 Å². The lowest BCUT2D eigenvalue weighted by atomic mass is 10.2. The van der Waals surface area contributed by atoms with Gasteiger partial charge in [0.25, 0.3) is 0 Å². The van der Waals surface area contributed by atoms with Gasteiger partial charge in [0.05, 0.1) is 7.11 Å². The Morgan fingerprint density at radius 3 is 2.96 bits per heavy atom. The Hall–Kier alpha value is -2.60. The quantitative estimate of drug-likeness (QED) is 0.837. The smallest absolute Gasteiger partial charge is 0.249 e. The minimum Gasteiger partial charge on any atom is -0.493 e. The maximum atomic E-state index is 12.0. The number of methoxy groups -OCH3 is 1. The molecule has 1 aromatic heterocycles. The number of benzene rings is 1. The number of aromatic nitrogens is 1. The summed E-state index contributed by atoms with van der Waals surface area (Å²) < 4.78 is 16.6. The molecule has 0 spiro atoms. The van der Waals surface area contributed by atoms with Crippen molar-refractivity contribution in [2.24, 2.45) is 0 Å². The Morgan fingerprint density at radius 2 is 2.24 bits per heavy atom. The number of nitrogens with zero attached hydrogens (tertiary/aromatic N) is 1. The van der Waals surface area contributed by atoms with E-state index in [9.17, 15) is 4.79 Å². The summed E-state index contributed by atoms with van der Waals surface area (Å²) in [6, 6.07) is 9.46. The van der Waals surface area contributed by atoms with Crippen LogP contribution >= 0.6 is 0 Å². The first-order valence-corrected chi connectivity index (χ1v) is 8.34. The molecule has 6 heteroatoms. The molecule has 1 atom stereocenters. The third-order valence-corrected chi connectivity index (χ3v) is 4.03. The molecule has 1 saturated heterocycles.